The summed E-state index contributed by atoms with van der Waals surface area (Å²) in [6, 6.07) is 5.59. The van der Waals surface area contributed by atoms with Crippen LogP contribution in [0.4, 0.5) is 19.3 Å². The zero-order chi connectivity index (χ0) is 33.1. The summed E-state index contributed by atoms with van der Waals surface area (Å²) in [6.45, 7) is 4.35. The van der Waals surface area contributed by atoms with Crippen molar-refractivity contribution in [2.45, 2.75) is 77.1 Å². The summed E-state index contributed by atoms with van der Waals surface area (Å²) >= 11 is 0. The predicted octanol–water partition coefficient (Wildman–Crippen LogP) is 4.68. The van der Waals surface area contributed by atoms with Gasteiger partial charge in [-0.3, -0.25) is 24.5 Å². The fourth-order valence-electron chi connectivity index (χ4n) is 8.84. The minimum atomic E-state index is -2.40. The molecule has 45 heavy (non-hydrogen) atoms. The average molecular weight is 632 g/mol. The molecule has 3 saturated carbocycles. The van der Waals surface area contributed by atoms with E-state index in [0.717, 1.165) is 19.1 Å². The second kappa shape index (κ2) is 11.1. The molecule has 0 aromatic heterocycles. The van der Waals surface area contributed by atoms with Crippen LogP contribution in [-0.2, 0) is 35.2 Å². The molecule has 0 radical (unpaired) electrons. The van der Waals surface area contributed by atoms with Gasteiger partial charge in [-0.2, -0.15) is 0 Å². The first-order valence-electron chi connectivity index (χ1n) is 14.7. The predicted molar refractivity (Wildman–Crippen MR) is 152 cm³/mol. The number of fused-ring (bicyclic) bond motifs is 5. The number of aliphatic hydroxyl groups is 1. The highest BCUT2D eigenvalue weighted by molar-refractivity contribution is 6.01. The van der Waals surface area contributed by atoms with Crippen molar-refractivity contribution in [3.8, 4) is 0 Å². The van der Waals surface area contributed by atoms with Crippen molar-refractivity contribution in [2.24, 2.45) is 28.6 Å². The molecule has 3 fully saturated rings. The Morgan fingerprint density at radius 2 is 1.82 bits per heavy atom. The number of hydrogen-bond donors (Lipinski definition) is 1. The fourth-order valence-corrected chi connectivity index (χ4v) is 8.84. The van der Waals surface area contributed by atoms with Crippen molar-refractivity contribution in [2.75, 3.05) is 6.61 Å². The van der Waals surface area contributed by atoms with Crippen LogP contribution in [-0.4, -0.2) is 63.9 Å². The molecule has 0 bridgehead atoms. The highest BCUT2D eigenvalue weighted by Gasteiger charge is 2.78. The molecule has 13 heteroatoms. The number of nitrogens with zero attached hydrogens (tertiary/aromatic N) is 1. The summed E-state index contributed by atoms with van der Waals surface area (Å²) < 4.78 is 49.1. The molecule has 0 spiro atoms. The number of carbonyl (C=O) groups is 4. The van der Waals surface area contributed by atoms with Crippen molar-refractivity contribution in [1.29, 1.82) is 0 Å². The second-order valence-corrected chi connectivity index (χ2v) is 13.0. The Morgan fingerprint density at radius 1 is 1.13 bits per heavy atom. The Kier molecular flexibility index (Phi) is 8.00. The first-order chi connectivity index (χ1) is 21.0. The fraction of sp³-hybridized carbons (Fsp3) is 0.562. The molecule has 11 nitrogen and oxygen atoms in total. The SMILES string of the molecule is CC(=O)O[C@@]1(C(=O)COC(=O)OCc2ccccc2[N+](=O)[O-])[C@@H](C)C[C@H]2[C@@H]3C[C@H](F)C4=CC(=O)C=C[C@]4(C)[C@@]3(F)[C@@H](O)C[C@@]21C. The molecule has 0 amide bonds. The number of para-hydroxylation sites is 1. The van der Waals surface area contributed by atoms with Crippen molar-refractivity contribution >= 4 is 29.4 Å². The van der Waals surface area contributed by atoms with Gasteiger partial charge in [-0.15, -0.1) is 0 Å². The van der Waals surface area contributed by atoms with E-state index in [9.17, 15) is 34.4 Å². The van der Waals surface area contributed by atoms with Crippen LogP contribution < -0.4 is 0 Å². The molecule has 0 heterocycles. The number of aliphatic hydroxyl groups excluding tert-OH is 1. The topological polar surface area (TPSA) is 159 Å². The molecule has 0 unspecified atom stereocenters. The maximum atomic E-state index is 17.5. The van der Waals surface area contributed by atoms with Crippen LogP contribution in [0.1, 0.15) is 52.5 Å². The first-order valence-corrected chi connectivity index (χ1v) is 14.7. The molecule has 9 atom stereocenters. The summed E-state index contributed by atoms with van der Waals surface area (Å²) in [5.74, 6) is -4.77. The monoisotopic (exact) mass is 631 g/mol. The average Bonchev–Trinajstić information content (AvgIpc) is 3.19. The molecule has 0 aliphatic heterocycles. The number of nitro benzene ring substituents is 1. The number of allylic oxidation sites excluding steroid dienone is 4. The van der Waals surface area contributed by atoms with Crippen molar-refractivity contribution < 1.29 is 52.2 Å². The lowest BCUT2D eigenvalue weighted by Crippen LogP contribution is -2.71. The largest absolute Gasteiger partial charge is 0.509 e. The maximum absolute atomic E-state index is 17.5. The number of halogens is 2. The zero-order valence-corrected chi connectivity index (χ0v) is 25.3. The quantitative estimate of drug-likeness (QED) is 0.254. The van der Waals surface area contributed by atoms with E-state index < -0.39 is 94.0 Å². The van der Waals surface area contributed by atoms with Crippen LogP contribution in [0.3, 0.4) is 0 Å². The number of alkyl halides is 2. The van der Waals surface area contributed by atoms with Crippen LogP contribution >= 0.6 is 0 Å². The number of Topliss-reactive ketones (excluding diaryl/α,β-unsaturated/α-hetero) is 1. The van der Waals surface area contributed by atoms with Gasteiger partial charge in [0, 0.05) is 35.7 Å². The van der Waals surface area contributed by atoms with Gasteiger partial charge in [-0.25, -0.2) is 13.6 Å². The van der Waals surface area contributed by atoms with Gasteiger partial charge in [-0.05, 0) is 55.9 Å². The van der Waals surface area contributed by atoms with Crippen LogP contribution in [0.25, 0.3) is 0 Å². The van der Waals surface area contributed by atoms with Gasteiger partial charge in [0.2, 0.25) is 5.78 Å². The van der Waals surface area contributed by atoms with Gasteiger partial charge in [0.1, 0.15) is 12.8 Å². The number of benzene rings is 1. The van der Waals surface area contributed by atoms with Crippen LogP contribution in [0.15, 0.2) is 48.1 Å². The van der Waals surface area contributed by atoms with Gasteiger partial charge in [-0.1, -0.05) is 32.1 Å². The van der Waals surface area contributed by atoms with Crippen LogP contribution in [0.5, 0.6) is 0 Å². The van der Waals surface area contributed by atoms with Gasteiger partial charge >= 0.3 is 12.1 Å². The van der Waals surface area contributed by atoms with Gasteiger partial charge in [0.25, 0.3) is 5.69 Å². The second-order valence-electron chi connectivity index (χ2n) is 13.0. The minimum absolute atomic E-state index is 0.0440. The zero-order valence-electron chi connectivity index (χ0n) is 25.3. The number of rotatable bonds is 7. The molecule has 1 N–H and O–H groups in total. The van der Waals surface area contributed by atoms with E-state index in [-0.39, 0.29) is 36.1 Å². The smallest absolute Gasteiger partial charge is 0.450 e. The van der Waals surface area contributed by atoms with E-state index in [1.165, 1.54) is 37.3 Å². The van der Waals surface area contributed by atoms with E-state index in [2.05, 4.69) is 0 Å². The van der Waals surface area contributed by atoms with E-state index >= 15 is 8.78 Å². The molecular formula is C32H35F2NO10. The van der Waals surface area contributed by atoms with Crippen LogP contribution in [0.2, 0.25) is 0 Å². The normalized spacial score (nSPS) is 38.2. The van der Waals surface area contributed by atoms with Gasteiger partial charge in [0.15, 0.2) is 23.7 Å². The maximum Gasteiger partial charge on any atom is 0.509 e. The van der Waals surface area contributed by atoms with E-state index in [1.54, 1.807) is 13.8 Å². The molecule has 4 aliphatic rings. The van der Waals surface area contributed by atoms with Crippen molar-refractivity contribution in [3.63, 3.8) is 0 Å². The third-order valence-electron chi connectivity index (χ3n) is 10.7. The minimum Gasteiger partial charge on any atom is -0.450 e. The molecule has 242 valence electrons. The van der Waals surface area contributed by atoms with Crippen LogP contribution in [0, 0.1) is 38.7 Å². The van der Waals surface area contributed by atoms with Crippen molar-refractivity contribution in [3.05, 3.63) is 63.7 Å². The molecule has 1 aromatic carbocycles. The third kappa shape index (κ3) is 4.69. The lowest BCUT2D eigenvalue weighted by Gasteiger charge is -2.63. The molecular weight excluding hydrogens is 596 g/mol. The Bertz CT molecular complexity index is 1530. The summed E-state index contributed by atoms with van der Waals surface area (Å²) in [6.07, 6.45) is -1.78. The summed E-state index contributed by atoms with van der Waals surface area (Å²) in [5.41, 5.74) is -7.65. The van der Waals surface area contributed by atoms with Gasteiger partial charge in [0.05, 0.1) is 16.6 Å². The molecule has 4 aliphatic carbocycles. The third-order valence-corrected chi connectivity index (χ3v) is 10.7. The highest BCUT2D eigenvalue weighted by Crippen LogP contribution is 2.71. The summed E-state index contributed by atoms with van der Waals surface area (Å²) in [7, 11) is 0. The Morgan fingerprint density at radius 3 is 2.49 bits per heavy atom. The Hall–Kier alpha value is -4.00. The number of carbonyl (C=O) groups excluding carboxylic acids is 4. The number of hydrogen-bond acceptors (Lipinski definition) is 10. The standard InChI is InChI=1S/C32H35F2NO10/c1-17-11-21-22-13-24(33)23-12-20(37)9-10-29(23,3)31(22,34)26(38)14-30(21,4)32(17,45-18(2)36)27(39)16-44-28(40)43-15-19-7-5-6-8-25(19)35(41)42/h5-10,12,17,21-22,24,26,38H,11,13-16H2,1-4H3/t17-,21-,22-,24-,26-,29-,30-,31-,32+/m0/s1. The molecule has 1 aromatic rings. The Labute approximate surface area is 257 Å². The highest BCUT2D eigenvalue weighted by atomic mass is 19.1. The molecule has 5 rings (SSSR count). The Balaban J connectivity index is 1.42. The lowest BCUT2D eigenvalue weighted by molar-refractivity contribution is -0.385. The van der Waals surface area contributed by atoms with Gasteiger partial charge < -0.3 is 19.3 Å². The number of ether oxygens (including phenoxy) is 3. The number of ketones is 2. The van der Waals surface area contributed by atoms with E-state index in [0.29, 0.717) is 0 Å². The summed E-state index contributed by atoms with van der Waals surface area (Å²) in [5, 5.41) is 22.8. The summed E-state index contributed by atoms with van der Waals surface area (Å²) in [4.78, 5) is 61.7. The lowest BCUT2D eigenvalue weighted by atomic mass is 9.44. The van der Waals surface area contributed by atoms with E-state index in [1.807, 2.05) is 0 Å². The molecule has 0 saturated heterocycles. The van der Waals surface area contributed by atoms with E-state index in [4.69, 9.17) is 14.2 Å². The van der Waals surface area contributed by atoms with Crippen molar-refractivity contribution in [1.82, 2.24) is 0 Å². The first kappa shape index (κ1) is 32.4. The number of nitro groups is 1. The number of esters is 1.